The smallest absolute Gasteiger partial charge is 0.206 e. The third kappa shape index (κ3) is 2.67. The molecule has 19 heavy (non-hydrogen) atoms. The number of anilines is 1. The van der Waals surface area contributed by atoms with Crippen molar-refractivity contribution in [1.29, 1.82) is 0 Å². The molecular weight excluding hydrogens is 286 g/mol. The van der Waals surface area contributed by atoms with Gasteiger partial charge in [0.15, 0.2) is 0 Å². The molecule has 0 bridgehead atoms. The van der Waals surface area contributed by atoms with E-state index in [0.29, 0.717) is 16.5 Å². The van der Waals surface area contributed by atoms with Gasteiger partial charge in [-0.05, 0) is 30.3 Å². The van der Waals surface area contributed by atoms with Gasteiger partial charge in [0.2, 0.25) is 9.84 Å². The van der Waals surface area contributed by atoms with E-state index in [1.807, 2.05) is 0 Å². The van der Waals surface area contributed by atoms with E-state index in [1.54, 1.807) is 12.1 Å². The first kappa shape index (κ1) is 13.7. The van der Waals surface area contributed by atoms with E-state index in [1.165, 1.54) is 37.4 Å². The van der Waals surface area contributed by atoms with Crippen molar-refractivity contribution in [1.82, 2.24) is 0 Å². The third-order valence-corrected chi connectivity index (χ3v) is 4.61. The molecule has 0 aliphatic rings. The van der Waals surface area contributed by atoms with E-state index in [0.717, 1.165) is 0 Å². The van der Waals surface area contributed by atoms with Crippen molar-refractivity contribution in [2.75, 3.05) is 12.8 Å². The van der Waals surface area contributed by atoms with Crippen LogP contribution in [0.15, 0.2) is 52.3 Å². The molecule has 0 unspecified atom stereocenters. The van der Waals surface area contributed by atoms with Crippen LogP contribution in [-0.4, -0.2) is 15.5 Å². The highest BCUT2D eigenvalue weighted by Gasteiger charge is 2.19. The van der Waals surface area contributed by atoms with Crippen molar-refractivity contribution in [3.63, 3.8) is 0 Å². The third-order valence-electron chi connectivity index (χ3n) is 2.62. The maximum Gasteiger partial charge on any atom is 0.206 e. The highest BCUT2D eigenvalue weighted by Crippen LogP contribution is 2.29. The fourth-order valence-corrected chi connectivity index (χ4v) is 3.21. The first-order valence-electron chi connectivity index (χ1n) is 5.39. The van der Waals surface area contributed by atoms with E-state index in [4.69, 9.17) is 22.1 Å². The zero-order chi connectivity index (χ0) is 14.0. The Morgan fingerprint density at radius 3 is 2.42 bits per heavy atom. The number of hydrogen-bond acceptors (Lipinski definition) is 4. The predicted octanol–water partition coefficient (Wildman–Crippen LogP) is 2.76. The van der Waals surface area contributed by atoms with Gasteiger partial charge in [0.05, 0.1) is 22.6 Å². The lowest BCUT2D eigenvalue weighted by molar-refractivity contribution is 0.415. The van der Waals surface area contributed by atoms with Crippen LogP contribution in [0.4, 0.5) is 5.69 Å². The lowest BCUT2D eigenvalue weighted by Crippen LogP contribution is -2.03. The average molecular weight is 298 g/mol. The summed E-state index contributed by atoms with van der Waals surface area (Å²) in [6, 6.07) is 10.4. The van der Waals surface area contributed by atoms with Crippen LogP contribution in [0.1, 0.15) is 0 Å². The van der Waals surface area contributed by atoms with Crippen molar-refractivity contribution in [3.8, 4) is 5.75 Å². The molecule has 2 N–H and O–H groups in total. The van der Waals surface area contributed by atoms with E-state index in [-0.39, 0.29) is 9.79 Å². The Morgan fingerprint density at radius 2 is 1.79 bits per heavy atom. The van der Waals surface area contributed by atoms with E-state index >= 15 is 0 Å². The molecule has 0 aliphatic carbocycles. The summed E-state index contributed by atoms with van der Waals surface area (Å²) in [6.07, 6.45) is 0. The van der Waals surface area contributed by atoms with Gasteiger partial charge in [0, 0.05) is 11.1 Å². The molecule has 6 heteroatoms. The molecule has 0 amide bonds. The number of methoxy groups -OCH3 is 1. The molecule has 0 radical (unpaired) electrons. The first-order valence-corrected chi connectivity index (χ1v) is 7.25. The molecule has 0 fully saturated rings. The van der Waals surface area contributed by atoms with Gasteiger partial charge in [0.25, 0.3) is 0 Å². The Kier molecular flexibility index (Phi) is 3.68. The summed E-state index contributed by atoms with van der Waals surface area (Å²) in [5.74, 6) is 0.322. The minimum Gasteiger partial charge on any atom is -0.495 e. The minimum absolute atomic E-state index is 0.112. The molecule has 0 heterocycles. The van der Waals surface area contributed by atoms with E-state index in [2.05, 4.69) is 0 Å². The Bertz CT molecular complexity index is 714. The largest absolute Gasteiger partial charge is 0.495 e. The second-order valence-electron chi connectivity index (χ2n) is 3.86. The SMILES string of the molecule is COc1cc(S(=O)(=O)c2cccc(Cl)c2)ccc1N. The standard InChI is InChI=1S/C13H12ClNO3S/c1-18-13-8-11(5-6-12(13)15)19(16,17)10-4-2-3-9(14)7-10/h2-8H,15H2,1H3. The molecule has 0 saturated carbocycles. The summed E-state index contributed by atoms with van der Waals surface area (Å²) in [6.45, 7) is 0. The lowest BCUT2D eigenvalue weighted by Gasteiger charge is -2.08. The fraction of sp³-hybridized carbons (Fsp3) is 0.0769. The van der Waals surface area contributed by atoms with Gasteiger partial charge in [0.1, 0.15) is 5.75 Å². The average Bonchev–Trinajstić information content (AvgIpc) is 2.39. The number of benzene rings is 2. The summed E-state index contributed by atoms with van der Waals surface area (Å²) in [7, 11) is -2.20. The van der Waals surface area contributed by atoms with Crippen LogP contribution in [0, 0.1) is 0 Å². The fourth-order valence-electron chi connectivity index (χ4n) is 1.63. The normalized spacial score (nSPS) is 11.3. The lowest BCUT2D eigenvalue weighted by atomic mass is 10.3. The van der Waals surface area contributed by atoms with Gasteiger partial charge < -0.3 is 10.5 Å². The van der Waals surface area contributed by atoms with Crippen molar-refractivity contribution in [2.24, 2.45) is 0 Å². The summed E-state index contributed by atoms with van der Waals surface area (Å²) in [5, 5.41) is 0.364. The highest BCUT2D eigenvalue weighted by molar-refractivity contribution is 7.91. The maximum atomic E-state index is 12.4. The van der Waals surface area contributed by atoms with Crippen LogP contribution < -0.4 is 10.5 Å². The number of rotatable bonds is 3. The maximum absolute atomic E-state index is 12.4. The number of nitrogen functional groups attached to an aromatic ring is 1. The van der Waals surface area contributed by atoms with E-state index < -0.39 is 9.84 Å². The Morgan fingerprint density at radius 1 is 1.11 bits per heavy atom. The van der Waals surface area contributed by atoms with Gasteiger partial charge in [-0.3, -0.25) is 0 Å². The van der Waals surface area contributed by atoms with Crippen molar-refractivity contribution in [2.45, 2.75) is 9.79 Å². The second-order valence-corrected chi connectivity index (χ2v) is 6.25. The summed E-state index contributed by atoms with van der Waals surface area (Å²) < 4.78 is 29.8. The van der Waals surface area contributed by atoms with Crippen molar-refractivity contribution < 1.29 is 13.2 Å². The summed E-state index contributed by atoms with van der Waals surface area (Å²) in [5.41, 5.74) is 6.05. The zero-order valence-electron chi connectivity index (χ0n) is 10.1. The van der Waals surface area contributed by atoms with Gasteiger partial charge in [-0.1, -0.05) is 17.7 Å². The molecule has 2 rings (SSSR count). The molecule has 0 spiro atoms. The number of ether oxygens (including phenoxy) is 1. The van der Waals surface area contributed by atoms with E-state index in [9.17, 15) is 8.42 Å². The summed E-state index contributed by atoms with van der Waals surface area (Å²) in [4.78, 5) is 0.243. The zero-order valence-corrected chi connectivity index (χ0v) is 11.7. The highest BCUT2D eigenvalue weighted by atomic mass is 35.5. The Labute approximate surface area is 116 Å². The molecule has 100 valence electrons. The molecule has 0 atom stereocenters. The monoisotopic (exact) mass is 297 g/mol. The molecule has 2 aromatic carbocycles. The number of nitrogens with two attached hydrogens (primary N) is 1. The van der Waals surface area contributed by atoms with Crippen LogP contribution in [-0.2, 0) is 9.84 Å². The quantitative estimate of drug-likeness (QED) is 0.885. The summed E-state index contributed by atoms with van der Waals surface area (Å²) >= 11 is 5.81. The molecule has 0 saturated heterocycles. The Balaban J connectivity index is 2.57. The van der Waals surface area contributed by atoms with Gasteiger partial charge in [-0.2, -0.15) is 0 Å². The van der Waals surface area contributed by atoms with Crippen molar-refractivity contribution in [3.05, 3.63) is 47.5 Å². The minimum atomic E-state index is -3.63. The predicted molar refractivity (Wildman–Crippen MR) is 74.3 cm³/mol. The van der Waals surface area contributed by atoms with Crippen LogP contribution in [0.25, 0.3) is 0 Å². The van der Waals surface area contributed by atoms with Crippen molar-refractivity contribution >= 4 is 27.1 Å². The van der Waals surface area contributed by atoms with Gasteiger partial charge in [-0.15, -0.1) is 0 Å². The van der Waals surface area contributed by atoms with Crippen LogP contribution >= 0.6 is 11.6 Å². The molecule has 0 aromatic heterocycles. The molecule has 4 nitrogen and oxygen atoms in total. The first-order chi connectivity index (χ1) is 8.95. The van der Waals surface area contributed by atoms with Gasteiger partial charge in [-0.25, -0.2) is 8.42 Å². The van der Waals surface area contributed by atoms with Crippen LogP contribution in [0.2, 0.25) is 5.02 Å². The molecular formula is C13H12ClNO3S. The van der Waals surface area contributed by atoms with Crippen LogP contribution in [0.3, 0.4) is 0 Å². The number of hydrogen-bond donors (Lipinski definition) is 1. The Hall–Kier alpha value is -1.72. The molecule has 2 aromatic rings. The van der Waals surface area contributed by atoms with Gasteiger partial charge >= 0.3 is 0 Å². The number of halogens is 1. The topological polar surface area (TPSA) is 69.4 Å². The molecule has 0 aliphatic heterocycles. The second kappa shape index (κ2) is 5.11. The van der Waals surface area contributed by atoms with Crippen LogP contribution in [0.5, 0.6) is 5.75 Å². The number of sulfone groups is 1.